The van der Waals surface area contributed by atoms with Gasteiger partial charge in [0, 0.05) is 6.04 Å². The van der Waals surface area contributed by atoms with E-state index in [1.54, 1.807) is 13.8 Å². The van der Waals surface area contributed by atoms with Crippen molar-refractivity contribution in [1.29, 1.82) is 0 Å². The van der Waals surface area contributed by atoms with E-state index >= 15 is 0 Å². The van der Waals surface area contributed by atoms with Gasteiger partial charge < -0.3 is 10.8 Å². The Bertz CT molecular complexity index is 302. The second-order valence-corrected chi connectivity index (χ2v) is 3.16. The summed E-state index contributed by atoms with van der Waals surface area (Å²) >= 11 is 0. The largest absolute Gasteiger partial charge is 0.385 e. The molecule has 0 amide bonds. The van der Waals surface area contributed by atoms with Crippen LogP contribution in [-0.2, 0) is 0 Å². The minimum absolute atomic E-state index is 0.374. The van der Waals surface area contributed by atoms with Crippen LogP contribution in [0.15, 0.2) is 12.3 Å². The molecule has 1 heterocycles. The molecule has 0 saturated carbocycles. The minimum Gasteiger partial charge on any atom is -0.385 e. The third-order valence-electron chi connectivity index (χ3n) is 1.87. The van der Waals surface area contributed by atoms with E-state index in [-0.39, 0.29) is 5.82 Å². The molecule has 0 bridgehead atoms. The molecule has 0 aliphatic carbocycles. The van der Waals surface area contributed by atoms with E-state index in [9.17, 15) is 9.50 Å². The summed E-state index contributed by atoms with van der Waals surface area (Å²) in [5.41, 5.74) is 6.35. The first-order valence-electron chi connectivity index (χ1n) is 4.08. The van der Waals surface area contributed by atoms with Crippen molar-refractivity contribution in [3.8, 4) is 0 Å². The number of aromatic nitrogens is 1. The molecule has 0 aromatic carbocycles. The fraction of sp³-hybridized carbons (Fsp3) is 0.444. The van der Waals surface area contributed by atoms with Gasteiger partial charge in [0.2, 0.25) is 0 Å². The van der Waals surface area contributed by atoms with Crippen molar-refractivity contribution < 1.29 is 9.50 Å². The molecule has 0 radical (unpaired) electrons. The van der Waals surface area contributed by atoms with Crippen molar-refractivity contribution in [1.82, 2.24) is 4.98 Å². The molecule has 0 spiro atoms. The van der Waals surface area contributed by atoms with E-state index in [0.717, 1.165) is 6.20 Å². The van der Waals surface area contributed by atoms with Crippen LogP contribution in [-0.4, -0.2) is 16.1 Å². The summed E-state index contributed by atoms with van der Waals surface area (Å²) in [6, 6.07) is 1.10. The predicted octanol–water partition coefficient (Wildman–Crippen LogP) is 0.910. The summed E-state index contributed by atoms with van der Waals surface area (Å²) in [6.45, 7) is 3.29. The Morgan fingerprint density at radius 2 is 2.23 bits per heavy atom. The van der Waals surface area contributed by atoms with Gasteiger partial charge in [-0.2, -0.15) is 0 Å². The summed E-state index contributed by atoms with van der Waals surface area (Å²) in [5, 5.41) is 9.50. The maximum Gasteiger partial charge on any atom is 0.144 e. The molecule has 0 aliphatic rings. The Balaban J connectivity index is 2.97. The van der Waals surface area contributed by atoms with Gasteiger partial charge in [0.25, 0.3) is 0 Å². The number of nitrogens with zero attached hydrogens (tertiary/aromatic N) is 1. The Morgan fingerprint density at radius 3 is 2.69 bits per heavy atom. The second kappa shape index (κ2) is 3.81. The van der Waals surface area contributed by atoms with E-state index in [0.29, 0.717) is 11.3 Å². The van der Waals surface area contributed by atoms with E-state index in [1.807, 2.05) is 0 Å². The van der Waals surface area contributed by atoms with Gasteiger partial charge in [-0.15, -0.1) is 0 Å². The number of aryl methyl sites for hydroxylation is 1. The fourth-order valence-electron chi connectivity index (χ4n) is 0.992. The number of aliphatic hydroxyl groups is 1. The summed E-state index contributed by atoms with van der Waals surface area (Å²) in [5.74, 6) is -0.374. The Morgan fingerprint density at radius 1 is 1.62 bits per heavy atom. The van der Waals surface area contributed by atoms with Crippen molar-refractivity contribution in [3.05, 3.63) is 29.3 Å². The highest BCUT2D eigenvalue weighted by atomic mass is 19.1. The molecule has 1 aromatic heterocycles. The lowest BCUT2D eigenvalue weighted by Gasteiger charge is -2.13. The fourth-order valence-corrected chi connectivity index (χ4v) is 0.992. The number of hydrogen-bond acceptors (Lipinski definition) is 3. The molecule has 0 unspecified atom stereocenters. The lowest BCUT2D eigenvalue weighted by atomic mass is 10.1. The lowest BCUT2D eigenvalue weighted by molar-refractivity contribution is 0.148. The summed E-state index contributed by atoms with van der Waals surface area (Å²) < 4.78 is 12.8. The number of aliphatic hydroxyl groups excluding tert-OH is 1. The maximum atomic E-state index is 12.8. The topological polar surface area (TPSA) is 59.1 Å². The third-order valence-corrected chi connectivity index (χ3v) is 1.87. The molecule has 1 rings (SSSR count). The van der Waals surface area contributed by atoms with Gasteiger partial charge in [-0.3, -0.25) is 4.98 Å². The average molecular weight is 184 g/mol. The number of rotatable bonds is 2. The van der Waals surface area contributed by atoms with Crippen molar-refractivity contribution >= 4 is 0 Å². The first-order chi connectivity index (χ1) is 6.02. The molecule has 0 fully saturated rings. The van der Waals surface area contributed by atoms with Crippen LogP contribution in [0.25, 0.3) is 0 Å². The van der Waals surface area contributed by atoms with Gasteiger partial charge in [0.15, 0.2) is 0 Å². The highest BCUT2D eigenvalue weighted by Crippen LogP contribution is 2.15. The quantitative estimate of drug-likeness (QED) is 0.718. The molecule has 3 nitrogen and oxygen atoms in total. The van der Waals surface area contributed by atoms with E-state index in [1.165, 1.54) is 6.07 Å². The van der Waals surface area contributed by atoms with Gasteiger partial charge in [-0.25, -0.2) is 4.39 Å². The van der Waals surface area contributed by atoms with E-state index < -0.39 is 12.1 Å². The number of hydrogen-bond donors (Lipinski definition) is 2. The molecule has 13 heavy (non-hydrogen) atoms. The van der Waals surface area contributed by atoms with Crippen molar-refractivity contribution in [2.24, 2.45) is 5.73 Å². The first-order valence-corrected chi connectivity index (χ1v) is 4.08. The van der Waals surface area contributed by atoms with Crippen LogP contribution in [0.1, 0.15) is 24.3 Å². The zero-order chi connectivity index (χ0) is 10.0. The SMILES string of the molecule is Cc1cc([C@@H](O)[C@H](C)N)ncc1F. The zero-order valence-corrected chi connectivity index (χ0v) is 7.66. The minimum atomic E-state index is -0.834. The summed E-state index contributed by atoms with van der Waals surface area (Å²) in [7, 11) is 0. The van der Waals surface area contributed by atoms with Gasteiger partial charge >= 0.3 is 0 Å². The smallest absolute Gasteiger partial charge is 0.144 e. The third kappa shape index (κ3) is 2.23. The normalized spacial score (nSPS) is 15.5. The Kier molecular flexibility index (Phi) is 2.95. The highest BCUT2D eigenvalue weighted by Gasteiger charge is 2.14. The predicted molar refractivity (Wildman–Crippen MR) is 47.5 cm³/mol. The molecule has 3 N–H and O–H groups in total. The van der Waals surface area contributed by atoms with Crippen LogP contribution in [0.4, 0.5) is 4.39 Å². The zero-order valence-electron chi connectivity index (χ0n) is 7.66. The highest BCUT2D eigenvalue weighted by molar-refractivity contribution is 5.18. The van der Waals surface area contributed by atoms with Gasteiger partial charge in [-0.05, 0) is 25.5 Å². The molecular formula is C9H13FN2O. The summed E-state index contributed by atoms with van der Waals surface area (Å²) in [4.78, 5) is 3.76. The standard InChI is InChI=1S/C9H13FN2O/c1-5-3-8(9(13)6(2)11)12-4-7(5)10/h3-4,6,9,13H,11H2,1-2H3/t6-,9-/m0/s1. The van der Waals surface area contributed by atoms with E-state index in [4.69, 9.17) is 5.73 Å². The Hall–Kier alpha value is -1.00. The van der Waals surface area contributed by atoms with Crippen LogP contribution in [0, 0.1) is 12.7 Å². The van der Waals surface area contributed by atoms with Crippen LogP contribution in [0.3, 0.4) is 0 Å². The molecule has 1 aromatic rings. The molecular weight excluding hydrogens is 171 g/mol. The lowest BCUT2D eigenvalue weighted by Crippen LogP contribution is -2.25. The van der Waals surface area contributed by atoms with Crippen LogP contribution in [0.2, 0.25) is 0 Å². The number of nitrogens with two attached hydrogens (primary N) is 1. The number of pyridine rings is 1. The number of halogens is 1. The molecule has 4 heteroatoms. The van der Waals surface area contributed by atoms with Crippen LogP contribution in [0.5, 0.6) is 0 Å². The van der Waals surface area contributed by atoms with Gasteiger partial charge in [0.1, 0.15) is 11.9 Å². The van der Waals surface area contributed by atoms with Crippen molar-refractivity contribution in [2.45, 2.75) is 26.0 Å². The van der Waals surface area contributed by atoms with Crippen LogP contribution >= 0.6 is 0 Å². The van der Waals surface area contributed by atoms with Crippen molar-refractivity contribution in [2.75, 3.05) is 0 Å². The average Bonchev–Trinajstić information content (AvgIpc) is 2.08. The molecule has 0 aliphatic heterocycles. The van der Waals surface area contributed by atoms with E-state index in [2.05, 4.69) is 4.98 Å². The molecule has 0 saturated heterocycles. The first kappa shape index (κ1) is 10.1. The molecule has 72 valence electrons. The van der Waals surface area contributed by atoms with Crippen LogP contribution < -0.4 is 5.73 Å². The van der Waals surface area contributed by atoms with Crippen molar-refractivity contribution in [3.63, 3.8) is 0 Å². The Labute approximate surface area is 76.4 Å². The van der Waals surface area contributed by atoms with Gasteiger partial charge in [0.05, 0.1) is 11.9 Å². The summed E-state index contributed by atoms with van der Waals surface area (Å²) in [6.07, 6.45) is 0.260. The second-order valence-electron chi connectivity index (χ2n) is 3.16. The monoisotopic (exact) mass is 184 g/mol. The molecule has 2 atom stereocenters. The maximum absolute atomic E-state index is 12.8. The van der Waals surface area contributed by atoms with Gasteiger partial charge in [-0.1, -0.05) is 0 Å².